The minimum absolute atomic E-state index is 0.0747. The summed E-state index contributed by atoms with van der Waals surface area (Å²) in [5, 5.41) is 0. The van der Waals surface area contributed by atoms with Crippen LogP contribution in [0.3, 0.4) is 0 Å². The fourth-order valence-electron chi connectivity index (χ4n) is 0.472. The molecule has 0 fully saturated rings. The second kappa shape index (κ2) is 4.44. The number of carbonyl (C=O) groups is 2. The third-order valence-corrected chi connectivity index (χ3v) is 1.97. The van der Waals surface area contributed by atoms with Gasteiger partial charge in [0.25, 0.3) is 0 Å². The lowest BCUT2D eigenvalue weighted by Gasteiger charge is -2.01. The Kier molecular flexibility index (Phi) is 4.27. The van der Waals surface area contributed by atoms with Gasteiger partial charge in [0, 0.05) is 6.42 Å². The van der Waals surface area contributed by atoms with Gasteiger partial charge < -0.3 is 10.5 Å². The van der Waals surface area contributed by atoms with Crippen molar-refractivity contribution >= 4 is 27.6 Å². The molecule has 0 saturated carbocycles. The van der Waals surface area contributed by atoms with Crippen LogP contribution in [-0.4, -0.2) is 16.5 Å². The summed E-state index contributed by atoms with van der Waals surface area (Å²) < 4.78 is 0. The number of amides is 1. The van der Waals surface area contributed by atoms with Crippen LogP contribution in [0.15, 0.2) is 0 Å². The number of nitrogens with two attached hydrogens (primary N) is 1. The highest BCUT2D eigenvalue weighted by Crippen LogP contribution is 2.06. The summed E-state index contributed by atoms with van der Waals surface area (Å²) in [5.41, 5.74) is 4.93. The molecule has 1 unspecified atom stereocenters. The van der Waals surface area contributed by atoms with E-state index in [-0.39, 0.29) is 10.6 Å². The van der Waals surface area contributed by atoms with Gasteiger partial charge in [-0.1, -0.05) is 15.9 Å². The molecule has 0 aromatic carbocycles. The molecule has 0 saturated heterocycles. The number of hydrogen-bond donors (Lipinski definition) is 1. The molecule has 0 spiro atoms. The Morgan fingerprint density at radius 3 is 2.40 bits per heavy atom. The summed E-state index contributed by atoms with van der Waals surface area (Å²) in [7, 11) is 0. The summed E-state index contributed by atoms with van der Waals surface area (Å²) in [6.45, 7) is 1.49. The number of rotatable bonds is 4. The van der Waals surface area contributed by atoms with Crippen molar-refractivity contribution in [3.05, 3.63) is 0 Å². The van der Waals surface area contributed by atoms with Gasteiger partial charge in [0.05, 0.1) is 4.83 Å². The van der Waals surface area contributed by atoms with Crippen molar-refractivity contribution in [3.8, 4) is 0 Å². The zero-order chi connectivity index (χ0) is 8.15. The zero-order valence-corrected chi connectivity index (χ0v) is 7.35. The van der Waals surface area contributed by atoms with Gasteiger partial charge in [0.1, 0.15) is 5.78 Å². The van der Waals surface area contributed by atoms with Gasteiger partial charge >= 0.3 is 0 Å². The molecule has 0 radical (unpaired) electrons. The maximum absolute atomic E-state index is 10.4. The Morgan fingerprint density at radius 1 is 1.60 bits per heavy atom. The summed E-state index contributed by atoms with van der Waals surface area (Å²) in [6.07, 6.45) is 0.892. The number of ketones is 1. The number of carbonyl (C=O) groups excluding carboxylic acids is 2. The molecule has 10 heavy (non-hydrogen) atoms. The fourth-order valence-corrected chi connectivity index (χ4v) is 0.701. The van der Waals surface area contributed by atoms with Crippen molar-refractivity contribution in [2.45, 2.75) is 24.6 Å². The van der Waals surface area contributed by atoms with E-state index in [4.69, 9.17) is 5.73 Å². The lowest BCUT2D eigenvalue weighted by Crippen LogP contribution is -2.23. The van der Waals surface area contributed by atoms with Crippen LogP contribution in [0.1, 0.15) is 19.8 Å². The first-order chi connectivity index (χ1) is 4.54. The van der Waals surface area contributed by atoms with Crippen LogP contribution in [0.2, 0.25) is 0 Å². The third kappa shape index (κ3) is 4.49. The van der Waals surface area contributed by atoms with Crippen LogP contribution in [0.25, 0.3) is 0 Å². The Hall–Kier alpha value is -0.380. The molecule has 4 heteroatoms. The number of Topliss-reactive ketones (excluding diaryl/α,β-unsaturated/α-hetero) is 1. The van der Waals surface area contributed by atoms with Gasteiger partial charge in [0.2, 0.25) is 5.91 Å². The minimum atomic E-state index is -0.416. The quantitative estimate of drug-likeness (QED) is 0.687. The lowest BCUT2D eigenvalue weighted by molar-refractivity contribution is -0.118. The average molecular weight is 208 g/mol. The number of halogens is 1. The predicted molar refractivity (Wildman–Crippen MR) is 41.8 cm³/mol. The van der Waals surface area contributed by atoms with Crippen molar-refractivity contribution in [1.29, 1.82) is 0 Å². The molecule has 1 amide bonds. The van der Waals surface area contributed by atoms with E-state index in [1.54, 1.807) is 0 Å². The van der Waals surface area contributed by atoms with Crippen LogP contribution in [0, 0.1) is 0 Å². The third-order valence-electron chi connectivity index (χ3n) is 1.06. The van der Waals surface area contributed by atoms with Crippen molar-refractivity contribution < 1.29 is 9.59 Å². The molecule has 3 nitrogen and oxygen atoms in total. The monoisotopic (exact) mass is 207 g/mol. The van der Waals surface area contributed by atoms with Gasteiger partial charge in [-0.05, 0) is 13.3 Å². The molecule has 0 rings (SSSR count). The van der Waals surface area contributed by atoms with E-state index >= 15 is 0 Å². The number of primary amides is 1. The van der Waals surface area contributed by atoms with Crippen LogP contribution >= 0.6 is 15.9 Å². The summed E-state index contributed by atoms with van der Waals surface area (Å²) in [5.74, 6) is -0.341. The standard InChI is InChI=1S/C6H10BrNO2/c1-4(9)2-3-5(7)6(8)10/h5H,2-3H2,1H3,(H2,8,10). The first kappa shape index (κ1) is 9.62. The van der Waals surface area contributed by atoms with Crippen LogP contribution < -0.4 is 5.73 Å². The highest BCUT2D eigenvalue weighted by molar-refractivity contribution is 9.10. The molecule has 0 aromatic heterocycles. The molecule has 0 bridgehead atoms. The molecule has 0 aromatic rings. The minimum Gasteiger partial charge on any atom is -0.369 e. The second-order valence-corrected chi connectivity index (χ2v) is 3.22. The molecule has 0 aliphatic heterocycles. The molecule has 0 aliphatic carbocycles. The number of alkyl halides is 1. The van der Waals surface area contributed by atoms with Crippen molar-refractivity contribution in [2.75, 3.05) is 0 Å². The SMILES string of the molecule is CC(=O)CCC(Br)C(N)=O. The summed E-state index contributed by atoms with van der Waals surface area (Å²) in [6, 6.07) is 0. The van der Waals surface area contributed by atoms with E-state index in [0.717, 1.165) is 0 Å². The van der Waals surface area contributed by atoms with Crippen molar-refractivity contribution in [2.24, 2.45) is 5.73 Å². The summed E-state index contributed by atoms with van der Waals surface area (Å²) in [4.78, 5) is 20.4. The number of hydrogen-bond acceptors (Lipinski definition) is 2. The first-order valence-corrected chi connectivity index (χ1v) is 3.88. The van der Waals surface area contributed by atoms with Gasteiger partial charge in [0.15, 0.2) is 0 Å². The second-order valence-electron chi connectivity index (χ2n) is 2.11. The maximum Gasteiger partial charge on any atom is 0.231 e. The summed E-state index contributed by atoms with van der Waals surface area (Å²) >= 11 is 3.04. The topological polar surface area (TPSA) is 60.2 Å². The Labute approximate surface area is 68.1 Å². The van der Waals surface area contributed by atoms with E-state index in [1.165, 1.54) is 6.92 Å². The van der Waals surface area contributed by atoms with Crippen LogP contribution in [-0.2, 0) is 9.59 Å². The van der Waals surface area contributed by atoms with Gasteiger partial charge in [-0.2, -0.15) is 0 Å². The van der Waals surface area contributed by atoms with E-state index in [1.807, 2.05) is 0 Å². The van der Waals surface area contributed by atoms with Crippen LogP contribution in [0.5, 0.6) is 0 Å². The van der Waals surface area contributed by atoms with E-state index in [2.05, 4.69) is 15.9 Å². The fraction of sp³-hybridized carbons (Fsp3) is 0.667. The maximum atomic E-state index is 10.4. The molecular formula is C6H10BrNO2. The Balaban J connectivity index is 3.49. The predicted octanol–water partition coefficient (Wildman–Crippen LogP) is 0.604. The molecule has 1 atom stereocenters. The Bertz CT molecular complexity index is 147. The molecular weight excluding hydrogens is 198 g/mol. The molecule has 2 N–H and O–H groups in total. The van der Waals surface area contributed by atoms with Gasteiger partial charge in [-0.3, -0.25) is 4.79 Å². The zero-order valence-electron chi connectivity index (χ0n) is 5.76. The average Bonchev–Trinajstić information content (AvgIpc) is 1.82. The normalized spacial score (nSPS) is 12.6. The van der Waals surface area contributed by atoms with E-state index < -0.39 is 5.91 Å². The van der Waals surface area contributed by atoms with Crippen molar-refractivity contribution in [1.82, 2.24) is 0 Å². The van der Waals surface area contributed by atoms with Gasteiger partial charge in [-0.15, -0.1) is 0 Å². The van der Waals surface area contributed by atoms with Gasteiger partial charge in [-0.25, -0.2) is 0 Å². The molecule has 0 aliphatic rings. The highest BCUT2D eigenvalue weighted by atomic mass is 79.9. The molecule has 0 heterocycles. The smallest absolute Gasteiger partial charge is 0.231 e. The first-order valence-electron chi connectivity index (χ1n) is 2.97. The lowest BCUT2D eigenvalue weighted by atomic mass is 10.2. The highest BCUT2D eigenvalue weighted by Gasteiger charge is 2.10. The van der Waals surface area contributed by atoms with E-state index in [0.29, 0.717) is 12.8 Å². The van der Waals surface area contributed by atoms with Crippen molar-refractivity contribution in [3.63, 3.8) is 0 Å². The Morgan fingerprint density at radius 2 is 2.10 bits per heavy atom. The van der Waals surface area contributed by atoms with Crippen LogP contribution in [0.4, 0.5) is 0 Å². The molecule has 58 valence electrons. The largest absolute Gasteiger partial charge is 0.369 e. The van der Waals surface area contributed by atoms with E-state index in [9.17, 15) is 9.59 Å².